The first kappa shape index (κ1) is 18.0. The number of aliphatic hydroxyl groups excluding tert-OH is 2. The van der Waals surface area contributed by atoms with Crippen molar-refractivity contribution in [2.75, 3.05) is 6.61 Å². The molecule has 1 aliphatic heterocycles. The molecule has 1 aromatic carbocycles. The summed E-state index contributed by atoms with van der Waals surface area (Å²) in [5.41, 5.74) is 0.255. The number of carbonyl (C=O) groups excluding carboxylic acids is 2. The normalized spacial score (nSPS) is 25.0. The zero-order valence-electron chi connectivity index (χ0n) is 13.6. The van der Waals surface area contributed by atoms with Crippen LogP contribution in [0.3, 0.4) is 0 Å². The van der Waals surface area contributed by atoms with Crippen molar-refractivity contribution in [3.8, 4) is 0 Å². The molecule has 0 unspecified atom stereocenters. The Balaban J connectivity index is 1.67. The summed E-state index contributed by atoms with van der Waals surface area (Å²) in [5, 5.41) is 31.3. The largest absolute Gasteiger partial charge is 0.545 e. The monoisotopic (exact) mass is 359 g/mol. The molecule has 0 aliphatic carbocycles. The van der Waals surface area contributed by atoms with E-state index in [2.05, 4.69) is 0 Å². The molecule has 8 heteroatoms. The number of carboxylic acid groups (broad SMARTS) is 1. The minimum atomic E-state index is -1.37. The van der Waals surface area contributed by atoms with Crippen LogP contribution in [0.4, 0.5) is 0 Å². The third-order valence-electron chi connectivity index (χ3n) is 4.08. The second kappa shape index (κ2) is 7.61. The Kier molecular flexibility index (Phi) is 5.27. The van der Waals surface area contributed by atoms with Crippen LogP contribution < -0.4 is 9.67 Å². The van der Waals surface area contributed by atoms with Crippen molar-refractivity contribution < 1.29 is 38.9 Å². The van der Waals surface area contributed by atoms with Crippen molar-refractivity contribution in [1.82, 2.24) is 0 Å². The second-order valence-electron chi connectivity index (χ2n) is 5.84. The first-order chi connectivity index (χ1) is 12.5. The summed E-state index contributed by atoms with van der Waals surface area (Å²) < 4.78 is 12.0. The van der Waals surface area contributed by atoms with Gasteiger partial charge < -0.3 is 29.6 Å². The van der Waals surface area contributed by atoms with Gasteiger partial charge in [-0.25, -0.2) is 4.79 Å². The molecule has 1 aliphatic rings. The van der Waals surface area contributed by atoms with E-state index >= 15 is 0 Å². The van der Waals surface area contributed by atoms with Crippen LogP contribution in [-0.2, 0) is 9.47 Å². The minimum absolute atomic E-state index is 0.100. The number of aliphatic hydroxyl groups is 2. The number of nitrogens with zero attached hydrogens (tertiary/aromatic N) is 1. The van der Waals surface area contributed by atoms with Gasteiger partial charge in [0.25, 0.3) is 6.23 Å². The highest BCUT2D eigenvalue weighted by atomic mass is 16.6. The van der Waals surface area contributed by atoms with Crippen LogP contribution in [0.1, 0.15) is 26.9 Å². The number of hydrogen-bond donors (Lipinski definition) is 2. The fourth-order valence-corrected chi connectivity index (χ4v) is 2.70. The van der Waals surface area contributed by atoms with Crippen LogP contribution in [-0.4, -0.2) is 47.1 Å². The number of esters is 1. The van der Waals surface area contributed by atoms with Crippen molar-refractivity contribution in [2.45, 2.75) is 24.5 Å². The van der Waals surface area contributed by atoms with Crippen molar-refractivity contribution >= 4 is 11.9 Å². The summed E-state index contributed by atoms with van der Waals surface area (Å²) in [4.78, 5) is 22.9. The van der Waals surface area contributed by atoms with E-state index in [0.29, 0.717) is 5.56 Å². The van der Waals surface area contributed by atoms with E-state index in [1.807, 2.05) is 0 Å². The van der Waals surface area contributed by atoms with Crippen LogP contribution in [0.2, 0.25) is 0 Å². The predicted molar refractivity (Wildman–Crippen MR) is 83.6 cm³/mol. The van der Waals surface area contributed by atoms with Gasteiger partial charge in [-0.2, -0.15) is 4.57 Å². The van der Waals surface area contributed by atoms with E-state index in [1.54, 1.807) is 30.3 Å². The Bertz CT molecular complexity index is 795. The summed E-state index contributed by atoms with van der Waals surface area (Å²) in [6, 6.07) is 11.1. The highest BCUT2D eigenvalue weighted by Crippen LogP contribution is 2.26. The fourth-order valence-electron chi connectivity index (χ4n) is 2.70. The summed E-state index contributed by atoms with van der Waals surface area (Å²) in [5.74, 6) is -1.95. The lowest BCUT2D eigenvalue weighted by Gasteiger charge is -2.13. The average Bonchev–Trinajstić information content (AvgIpc) is 2.95. The summed E-state index contributed by atoms with van der Waals surface area (Å²) >= 11 is 0. The Morgan fingerprint density at radius 3 is 2.46 bits per heavy atom. The van der Waals surface area contributed by atoms with Gasteiger partial charge in [0.1, 0.15) is 18.8 Å². The number of ether oxygens (including phenoxy) is 2. The molecule has 2 heterocycles. The number of aromatic nitrogens is 1. The number of benzene rings is 1. The lowest BCUT2D eigenvalue weighted by atomic mass is 10.1. The van der Waals surface area contributed by atoms with Gasteiger partial charge in [-0.15, -0.1) is 0 Å². The van der Waals surface area contributed by atoms with E-state index in [0.717, 1.165) is 0 Å². The van der Waals surface area contributed by atoms with E-state index in [-0.39, 0.29) is 12.2 Å². The van der Waals surface area contributed by atoms with Crippen LogP contribution >= 0.6 is 0 Å². The average molecular weight is 359 g/mol. The molecule has 1 saturated heterocycles. The molecule has 3 rings (SSSR count). The molecular weight excluding hydrogens is 342 g/mol. The molecule has 4 atom stereocenters. The zero-order chi connectivity index (χ0) is 18.7. The Labute approximate surface area is 148 Å². The van der Waals surface area contributed by atoms with Crippen molar-refractivity contribution in [3.05, 3.63) is 66.0 Å². The maximum atomic E-state index is 12.0. The maximum absolute atomic E-state index is 12.0. The van der Waals surface area contributed by atoms with Gasteiger partial charge in [-0.05, 0) is 18.2 Å². The summed E-state index contributed by atoms with van der Waals surface area (Å²) in [6.07, 6.45) is -1.88. The van der Waals surface area contributed by atoms with Crippen molar-refractivity contribution in [1.29, 1.82) is 0 Å². The molecule has 0 bridgehead atoms. The Hall–Kier alpha value is -2.81. The molecule has 26 heavy (non-hydrogen) atoms. The molecular formula is C18H17NO7. The number of carbonyl (C=O) groups is 2. The topological polar surface area (TPSA) is 120 Å². The van der Waals surface area contributed by atoms with Gasteiger partial charge in [0, 0.05) is 6.07 Å². The minimum Gasteiger partial charge on any atom is -0.545 e. The molecule has 0 amide bonds. The van der Waals surface area contributed by atoms with Gasteiger partial charge in [-0.3, -0.25) is 0 Å². The predicted octanol–water partition coefficient (Wildman–Crippen LogP) is -1.19. The molecule has 0 spiro atoms. The van der Waals surface area contributed by atoms with E-state index in [4.69, 9.17) is 9.47 Å². The highest BCUT2D eigenvalue weighted by molar-refractivity contribution is 5.89. The van der Waals surface area contributed by atoms with Gasteiger partial charge in [0.2, 0.25) is 0 Å². The van der Waals surface area contributed by atoms with Gasteiger partial charge in [0.15, 0.2) is 18.5 Å². The van der Waals surface area contributed by atoms with E-state index in [1.165, 1.54) is 29.1 Å². The fraction of sp³-hybridized carbons (Fsp3) is 0.278. The number of carboxylic acids is 1. The number of rotatable bonds is 5. The van der Waals surface area contributed by atoms with Crippen LogP contribution in [0.25, 0.3) is 0 Å². The zero-order valence-corrected chi connectivity index (χ0v) is 13.6. The van der Waals surface area contributed by atoms with Crippen molar-refractivity contribution in [3.63, 3.8) is 0 Å². The SMILES string of the molecule is O=C([O-])c1ccc[n+]([C@@H]2O[C@H](COC(=O)c3ccccc3)[C@@H](O)[C@H]2O)c1. The Morgan fingerprint density at radius 1 is 1.08 bits per heavy atom. The van der Waals surface area contributed by atoms with Crippen LogP contribution in [0, 0.1) is 0 Å². The smallest absolute Gasteiger partial charge is 0.338 e. The third-order valence-corrected chi connectivity index (χ3v) is 4.08. The lowest BCUT2D eigenvalue weighted by molar-refractivity contribution is -0.765. The molecule has 1 aromatic heterocycles. The molecule has 1 fully saturated rings. The molecule has 8 nitrogen and oxygen atoms in total. The van der Waals surface area contributed by atoms with Gasteiger partial charge in [0.05, 0.1) is 17.1 Å². The van der Waals surface area contributed by atoms with E-state index < -0.39 is 36.5 Å². The maximum Gasteiger partial charge on any atom is 0.338 e. The first-order valence-corrected chi connectivity index (χ1v) is 7.93. The van der Waals surface area contributed by atoms with Gasteiger partial charge >= 0.3 is 5.97 Å². The van der Waals surface area contributed by atoms with Crippen molar-refractivity contribution in [2.24, 2.45) is 0 Å². The van der Waals surface area contributed by atoms with Crippen LogP contribution in [0.15, 0.2) is 54.9 Å². The summed E-state index contributed by atoms with van der Waals surface area (Å²) in [6.45, 7) is -0.261. The Morgan fingerprint density at radius 2 is 1.77 bits per heavy atom. The third kappa shape index (κ3) is 3.72. The molecule has 2 N–H and O–H groups in total. The quantitative estimate of drug-likeness (QED) is 0.509. The number of pyridine rings is 1. The lowest BCUT2D eigenvalue weighted by Crippen LogP contribution is -2.46. The molecule has 136 valence electrons. The second-order valence-corrected chi connectivity index (χ2v) is 5.84. The van der Waals surface area contributed by atoms with Gasteiger partial charge in [-0.1, -0.05) is 18.2 Å². The molecule has 0 radical (unpaired) electrons. The highest BCUT2D eigenvalue weighted by Gasteiger charge is 2.48. The van der Waals surface area contributed by atoms with Crippen LogP contribution in [0.5, 0.6) is 0 Å². The first-order valence-electron chi connectivity index (χ1n) is 7.93. The van der Waals surface area contributed by atoms with E-state index in [9.17, 15) is 24.9 Å². The number of hydrogen-bond acceptors (Lipinski definition) is 7. The standard InChI is InChI=1S/C18H17NO7/c20-14-13(10-25-18(24)11-5-2-1-3-6-11)26-16(15(14)21)19-8-4-7-12(9-19)17(22)23/h1-9,13-16,20-21H,10H2/t13-,14-,15-,16-/m1/s1. The molecule has 0 saturated carbocycles. The summed E-state index contributed by atoms with van der Waals surface area (Å²) in [7, 11) is 0. The number of aromatic carboxylic acids is 1. The molecule has 2 aromatic rings.